The number of methoxy groups -OCH3 is 1. The standard InChI is InChI=1S/C13H19NO2/c1-10-12(7-8-16-10)14-13-6-4-3-5-11(13)9-15-2/h3-6,10,12,14H,7-9H2,1-2H3. The molecule has 0 aromatic heterocycles. The Morgan fingerprint density at radius 1 is 1.44 bits per heavy atom. The van der Waals surface area contributed by atoms with E-state index in [0.717, 1.165) is 18.7 Å². The van der Waals surface area contributed by atoms with E-state index in [4.69, 9.17) is 9.47 Å². The minimum absolute atomic E-state index is 0.288. The predicted octanol–water partition coefficient (Wildman–Crippen LogP) is 2.42. The summed E-state index contributed by atoms with van der Waals surface area (Å²) in [5.41, 5.74) is 2.36. The van der Waals surface area contributed by atoms with Crippen molar-refractivity contribution in [1.82, 2.24) is 0 Å². The highest BCUT2D eigenvalue weighted by atomic mass is 16.5. The van der Waals surface area contributed by atoms with Gasteiger partial charge in [0, 0.05) is 25.0 Å². The van der Waals surface area contributed by atoms with Gasteiger partial charge in [-0.2, -0.15) is 0 Å². The zero-order valence-electron chi connectivity index (χ0n) is 9.90. The molecule has 88 valence electrons. The Balaban J connectivity index is 2.07. The third kappa shape index (κ3) is 2.54. The van der Waals surface area contributed by atoms with E-state index in [1.165, 1.54) is 5.56 Å². The maximum atomic E-state index is 5.54. The minimum atomic E-state index is 0.288. The first-order chi connectivity index (χ1) is 7.81. The lowest BCUT2D eigenvalue weighted by molar-refractivity contribution is 0.121. The van der Waals surface area contributed by atoms with E-state index < -0.39 is 0 Å². The van der Waals surface area contributed by atoms with E-state index in [1.807, 2.05) is 12.1 Å². The molecule has 1 heterocycles. The van der Waals surface area contributed by atoms with Crippen molar-refractivity contribution in [2.24, 2.45) is 0 Å². The Labute approximate surface area is 96.8 Å². The molecular formula is C13H19NO2. The van der Waals surface area contributed by atoms with Gasteiger partial charge in [-0.15, -0.1) is 0 Å². The van der Waals surface area contributed by atoms with Crippen LogP contribution in [-0.2, 0) is 16.1 Å². The molecule has 1 aliphatic rings. The van der Waals surface area contributed by atoms with Crippen molar-refractivity contribution in [3.8, 4) is 0 Å². The maximum Gasteiger partial charge on any atom is 0.0748 e. The van der Waals surface area contributed by atoms with Crippen LogP contribution in [-0.4, -0.2) is 25.9 Å². The van der Waals surface area contributed by atoms with Crippen molar-refractivity contribution in [2.45, 2.75) is 32.1 Å². The van der Waals surface area contributed by atoms with Gasteiger partial charge in [-0.25, -0.2) is 0 Å². The SMILES string of the molecule is COCc1ccccc1NC1CCOC1C. The number of rotatable bonds is 4. The molecule has 0 saturated carbocycles. The van der Waals surface area contributed by atoms with Crippen LogP contribution >= 0.6 is 0 Å². The van der Waals surface area contributed by atoms with Crippen molar-refractivity contribution in [2.75, 3.05) is 19.0 Å². The number of hydrogen-bond acceptors (Lipinski definition) is 3. The molecular weight excluding hydrogens is 202 g/mol. The van der Waals surface area contributed by atoms with E-state index >= 15 is 0 Å². The zero-order chi connectivity index (χ0) is 11.4. The number of nitrogens with one attached hydrogen (secondary N) is 1. The molecule has 1 aliphatic heterocycles. The molecule has 3 heteroatoms. The van der Waals surface area contributed by atoms with Gasteiger partial charge in [0.1, 0.15) is 0 Å². The van der Waals surface area contributed by atoms with Crippen LogP contribution in [0, 0.1) is 0 Å². The number of anilines is 1. The fraction of sp³-hybridized carbons (Fsp3) is 0.538. The molecule has 3 nitrogen and oxygen atoms in total. The molecule has 1 aromatic rings. The average Bonchev–Trinajstić information content (AvgIpc) is 2.68. The Kier molecular flexibility index (Phi) is 3.80. The maximum absolute atomic E-state index is 5.54. The summed E-state index contributed by atoms with van der Waals surface area (Å²) >= 11 is 0. The van der Waals surface area contributed by atoms with Crippen LogP contribution < -0.4 is 5.32 Å². The van der Waals surface area contributed by atoms with Gasteiger partial charge >= 0.3 is 0 Å². The Morgan fingerprint density at radius 3 is 2.94 bits per heavy atom. The molecule has 1 aromatic carbocycles. The first-order valence-corrected chi connectivity index (χ1v) is 5.76. The summed E-state index contributed by atoms with van der Waals surface area (Å²) in [7, 11) is 1.72. The molecule has 1 fully saturated rings. The monoisotopic (exact) mass is 221 g/mol. The molecule has 1 saturated heterocycles. The highest BCUT2D eigenvalue weighted by Crippen LogP contribution is 2.22. The Hall–Kier alpha value is -1.06. The highest BCUT2D eigenvalue weighted by molar-refractivity contribution is 5.51. The van der Waals surface area contributed by atoms with Gasteiger partial charge in [-0.05, 0) is 19.4 Å². The van der Waals surface area contributed by atoms with E-state index in [2.05, 4.69) is 24.4 Å². The first kappa shape index (κ1) is 11.4. The lowest BCUT2D eigenvalue weighted by Crippen LogP contribution is -2.27. The van der Waals surface area contributed by atoms with Gasteiger partial charge in [0.2, 0.25) is 0 Å². The van der Waals surface area contributed by atoms with Crippen LogP contribution in [0.5, 0.6) is 0 Å². The third-order valence-electron chi connectivity index (χ3n) is 3.03. The van der Waals surface area contributed by atoms with E-state index in [-0.39, 0.29) is 6.10 Å². The van der Waals surface area contributed by atoms with Gasteiger partial charge in [-0.1, -0.05) is 18.2 Å². The summed E-state index contributed by atoms with van der Waals surface area (Å²) in [5, 5.41) is 3.54. The summed E-state index contributed by atoms with van der Waals surface area (Å²) in [6.07, 6.45) is 1.36. The van der Waals surface area contributed by atoms with Gasteiger partial charge < -0.3 is 14.8 Å². The van der Waals surface area contributed by atoms with Crippen LogP contribution in [0.25, 0.3) is 0 Å². The van der Waals surface area contributed by atoms with Crippen LogP contribution in [0.1, 0.15) is 18.9 Å². The summed E-state index contributed by atoms with van der Waals surface area (Å²) in [6.45, 7) is 3.61. The average molecular weight is 221 g/mol. The summed E-state index contributed by atoms with van der Waals surface area (Å²) in [6, 6.07) is 8.68. The Bertz CT molecular complexity index is 340. The molecule has 0 radical (unpaired) electrons. The van der Waals surface area contributed by atoms with Crippen LogP contribution in [0.15, 0.2) is 24.3 Å². The number of para-hydroxylation sites is 1. The molecule has 0 bridgehead atoms. The number of ether oxygens (including phenoxy) is 2. The van der Waals surface area contributed by atoms with E-state index in [1.54, 1.807) is 7.11 Å². The lowest BCUT2D eigenvalue weighted by atomic mass is 10.1. The topological polar surface area (TPSA) is 30.5 Å². The second kappa shape index (κ2) is 5.32. The molecule has 2 rings (SSSR count). The summed E-state index contributed by atoms with van der Waals surface area (Å²) in [4.78, 5) is 0. The Morgan fingerprint density at radius 2 is 2.25 bits per heavy atom. The second-order valence-electron chi connectivity index (χ2n) is 4.21. The quantitative estimate of drug-likeness (QED) is 0.847. The van der Waals surface area contributed by atoms with Gasteiger partial charge in [0.05, 0.1) is 18.8 Å². The lowest BCUT2D eigenvalue weighted by Gasteiger charge is -2.19. The molecule has 2 unspecified atom stereocenters. The van der Waals surface area contributed by atoms with Crippen molar-refractivity contribution in [3.05, 3.63) is 29.8 Å². The van der Waals surface area contributed by atoms with E-state index in [9.17, 15) is 0 Å². The second-order valence-corrected chi connectivity index (χ2v) is 4.21. The van der Waals surface area contributed by atoms with Crippen LogP contribution in [0.3, 0.4) is 0 Å². The van der Waals surface area contributed by atoms with Crippen molar-refractivity contribution in [3.63, 3.8) is 0 Å². The molecule has 2 atom stereocenters. The van der Waals surface area contributed by atoms with Gasteiger partial charge in [0.15, 0.2) is 0 Å². The molecule has 16 heavy (non-hydrogen) atoms. The van der Waals surface area contributed by atoms with Crippen LogP contribution in [0.4, 0.5) is 5.69 Å². The van der Waals surface area contributed by atoms with Crippen molar-refractivity contribution >= 4 is 5.69 Å². The third-order valence-corrected chi connectivity index (χ3v) is 3.03. The molecule has 0 spiro atoms. The summed E-state index contributed by atoms with van der Waals surface area (Å²) in [5.74, 6) is 0. The molecule has 0 amide bonds. The van der Waals surface area contributed by atoms with Gasteiger partial charge in [-0.3, -0.25) is 0 Å². The number of benzene rings is 1. The number of hydrogen-bond donors (Lipinski definition) is 1. The molecule has 1 N–H and O–H groups in total. The fourth-order valence-corrected chi connectivity index (χ4v) is 2.06. The minimum Gasteiger partial charge on any atom is -0.380 e. The zero-order valence-corrected chi connectivity index (χ0v) is 9.90. The van der Waals surface area contributed by atoms with Gasteiger partial charge in [0.25, 0.3) is 0 Å². The largest absolute Gasteiger partial charge is 0.380 e. The highest BCUT2D eigenvalue weighted by Gasteiger charge is 2.24. The van der Waals surface area contributed by atoms with Crippen LogP contribution in [0.2, 0.25) is 0 Å². The predicted molar refractivity (Wildman–Crippen MR) is 64.6 cm³/mol. The normalized spacial score (nSPS) is 24.6. The van der Waals surface area contributed by atoms with Crippen molar-refractivity contribution < 1.29 is 9.47 Å². The molecule has 0 aliphatic carbocycles. The van der Waals surface area contributed by atoms with Crippen molar-refractivity contribution in [1.29, 1.82) is 0 Å². The first-order valence-electron chi connectivity index (χ1n) is 5.76. The van der Waals surface area contributed by atoms with E-state index in [0.29, 0.717) is 12.6 Å². The fourth-order valence-electron chi connectivity index (χ4n) is 2.06. The smallest absolute Gasteiger partial charge is 0.0748 e. The summed E-state index contributed by atoms with van der Waals surface area (Å²) < 4.78 is 10.7.